The zero-order chi connectivity index (χ0) is 15.4. The second-order valence-electron chi connectivity index (χ2n) is 5.74. The zero-order valence-electron chi connectivity index (χ0n) is 12.5. The van der Waals surface area contributed by atoms with E-state index in [2.05, 4.69) is 6.92 Å². The molecule has 1 aliphatic heterocycles. The standard InChI is InChI=1S/C16H22N2O3/c1-12-8-9-18(14(10-12)16(20)21)11-15(19)17(2)13-6-4-3-5-7-13/h3-7,12,14H,8-11H2,1-2H3,(H,20,21). The number of carbonyl (C=O) groups is 2. The quantitative estimate of drug-likeness (QED) is 0.919. The molecule has 2 atom stereocenters. The first-order chi connectivity index (χ1) is 9.99. The summed E-state index contributed by atoms with van der Waals surface area (Å²) in [4.78, 5) is 27.1. The van der Waals surface area contributed by atoms with Gasteiger partial charge in [-0.3, -0.25) is 14.5 Å². The number of carboxylic acid groups (broad SMARTS) is 1. The third-order valence-corrected chi connectivity index (χ3v) is 4.12. The number of hydrogen-bond donors (Lipinski definition) is 1. The van der Waals surface area contributed by atoms with Crippen molar-refractivity contribution in [1.29, 1.82) is 0 Å². The highest BCUT2D eigenvalue weighted by Gasteiger charge is 2.33. The summed E-state index contributed by atoms with van der Waals surface area (Å²) in [7, 11) is 1.72. The highest BCUT2D eigenvalue weighted by atomic mass is 16.4. The number of aliphatic carboxylic acids is 1. The van der Waals surface area contributed by atoms with E-state index in [-0.39, 0.29) is 12.5 Å². The molecule has 21 heavy (non-hydrogen) atoms. The Morgan fingerprint density at radius 1 is 1.33 bits per heavy atom. The van der Waals surface area contributed by atoms with Gasteiger partial charge in [-0.25, -0.2) is 0 Å². The molecule has 0 saturated carbocycles. The maximum absolute atomic E-state index is 12.4. The van der Waals surface area contributed by atoms with Crippen molar-refractivity contribution in [2.24, 2.45) is 5.92 Å². The molecule has 1 aromatic rings. The molecule has 1 fully saturated rings. The van der Waals surface area contributed by atoms with E-state index in [9.17, 15) is 14.7 Å². The fourth-order valence-electron chi connectivity index (χ4n) is 2.71. The number of nitrogens with zero attached hydrogens (tertiary/aromatic N) is 2. The van der Waals surface area contributed by atoms with Gasteiger partial charge in [0, 0.05) is 12.7 Å². The molecule has 5 nitrogen and oxygen atoms in total. The summed E-state index contributed by atoms with van der Waals surface area (Å²) in [6.45, 7) is 2.87. The first-order valence-electron chi connectivity index (χ1n) is 7.27. The Balaban J connectivity index is 2.02. The van der Waals surface area contributed by atoms with Crippen LogP contribution < -0.4 is 4.90 Å². The Bertz CT molecular complexity index is 504. The Morgan fingerprint density at radius 2 is 2.00 bits per heavy atom. The van der Waals surface area contributed by atoms with Gasteiger partial charge in [0.2, 0.25) is 5.91 Å². The number of rotatable bonds is 4. The predicted molar refractivity (Wildman–Crippen MR) is 81.2 cm³/mol. The Morgan fingerprint density at radius 3 is 2.62 bits per heavy atom. The Hall–Kier alpha value is -1.88. The van der Waals surface area contributed by atoms with Crippen molar-refractivity contribution in [2.75, 3.05) is 25.0 Å². The predicted octanol–water partition coefficient (Wildman–Crippen LogP) is 1.83. The number of likely N-dealkylation sites (tertiary alicyclic amines) is 1. The van der Waals surface area contributed by atoms with Crippen molar-refractivity contribution in [1.82, 2.24) is 4.90 Å². The van der Waals surface area contributed by atoms with Gasteiger partial charge in [-0.05, 0) is 37.4 Å². The number of carbonyl (C=O) groups excluding carboxylic acids is 1. The maximum Gasteiger partial charge on any atom is 0.320 e. The van der Waals surface area contributed by atoms with E-state index in [1.54, 1.807) is 16.8 Å². The molecule has 0 radical (unpaired) electrons. The number of anilines is 1. The average Bonchev–Trinajstić information content (AvgIpc) is 2.49. The van der Waals surface area contributed by atoms with Crippen LogP contribution >= 0.6 is 0 Å². The summed E-state index contributed by atoms with van der Waals surface area (Å²) in [6.07, 6.45) is 1.55. The maximum atomic E-state index is 12.4. The zero-order valence-corrected chi connectivity index (χ0v) is 12.5. The highest BCUT2D eigenvalue weighted by molar-refractivity contribution is 5.94. The molecule has 5 heteroatoms. The molecule has 1 amide bonds. The second-order valence-corrected chi connectivity index (χ2v) is 5.74. The van der Waals surface area contributed by atoms with Crippen molar-refractivity contribution >= 4 is 17.6 Å². The Kier molecular flexibility index (Phi) is 4.96. The van der Waals surface area contributed by atoms with Crippen LogP contribution in [0, 0.1) is 5.92 Å². The van der Waals surface area contributed by atoms with E-state index < -0.39 is 12.0 Å². The fraction of sp³-hybridized carbons (Fsp3) is 0.500. The molecule has 0 aromatic heterocycles. The number of hydrogen-bond acceptors (Lipinski definition) is 3. The van der Waals surface area contributed by atoms with Crippen molar-refractivity contribution in [2.45, 2.75) is 25.8 Å². The lowest BCUT2D eigenvalue weighted by atomic mass is 9.92. The van der Waals surface area contributed by atoms with Gasteiger partial charge in [0.1, 0.15) is 6.04 Å². The van der Waals surface area contributed by atoms with Gasteiger partial charge in [0.25, 0.3) is 0 Å². The highest BCUT2D eigenvalue weighted by Crippen LogP contribution is 2.23. The van der Waals surface area contributed by atoms with Gasteiger partial charge < -0.3 is 10.0 Å². The summed E-state index contributed by atoms with van der Waals surface area (Å²) in [5.74, 6) is -0.525. The lowest BCUT2D eigenvalue weighted by Crippen LogP contribution is -2.50. The van der Waals surface area contributed by atoms with Crippen LogP contribution in [-0.2, 0) is 9.59 Å². The van der Waals surface area contributed by atoms with Crippen LogP contribution in [0.2, 0.25) is 0 Å². The summed E-state index contributed by atoms with van der Waals surface area (Å²) < 4.78 is 0. The van der Waals surface area contributed by atoms with Crippen LogP contribution in [0.3, 0.4) is 0 Å². The number of amides is 1. The minimum atomic E-state index is -0.836. The third kappa shape index (κ3) is 3.82. The molecule has 1 saturated heterocycles. The average molecular weight is 290 g/mol. The van der Waals surface area contributed by atoms with E-state index in [0.29, 0.717) is 18.9 Å². The number of benzene rings is 1. The number of para-hydroxylation sites is 1. The molecule has 2 unspecified atom stereocenters. The second kappa shape index (κ2) is 6.72. The van der Waals surface area contributed by atoms with Gasteiger partial charge in [-0.1, -0.05) is 25.1 Å². The van der Waals surface area contributed by atoms with Gasteiger partial charge in [0.15, 0.2) is 0 Å². The van der Waals surface area contributed by atoms with E-state index in [0.717, 1.165) is 12.1 Å². The number of carboxylic acids is 1. The molecule has 0 aliphatic carbocycles. The van der Waals surface area contributed by atoms with Gasteiger partial charge in [-0.2, -0.15) is 0 Å². The van der Waals surface area contributed by atoms with Crippen molar-refractivity contribution in [3.63, 3.8) is 0 Å². The van der Waals surface area contributed by atoms with Crippen LogP contribution in [0.25, 0.3) is 0 Å². The number of likely N-dealkylation sites (N-methyl/N-ethyl adjacent to an activating group) is 1. The minimum absolute atomic E-state index is 0.0815. The van der Waals surface area contributed by atoms with Crippen LogP contribution in [-0.4, -0.2) is 48.1 Å². The van der Waals surface area contributed by atoms with Crippen LogP contribution in [0.1, 0.15) is 19.8 Å². The molecule has 0 bridgehead atoms. The van der Waals surface area contributed by atoms with Crippen molar-refractivity contribution in [3.8, 4) is 0 Å². The summed E-state index contributed by atoms with van der Waals surface area (Å²) >= 11 is 0. The molecular weight excluding hydrogens is 268 g/mol. The normalized spacial score (nSPS) is 22.8. The Labute approximate surface area is 125 Å². The first kappa shape index (κ1) is 15.5. The summed E-state index contributed by atoms with van der Waals surface area (Å²) in [5.41, 5.74) is 0.819. The van der Waals surface area contributed by atoms with E-state index in [1.807, 2.05) is 30.3 Å². The monoisotopic (exact) mass is 290 g/mol. The fourth-order valence-corrected chi connectivity index (χ4v) is 2.71. The smallest absolute Gasteiger partial charge is 0.320 e. The van der Waals surface area contributed by atoms with Gasteiger partial charge >= 0.3 is 5.97 Å². The molecule has 1 aliphatic rings. The number of piperidine rings is 1. The molecule has 0 spiro atoms. The molecule has 2 rings (SSSR count). The van der Waals surface area contributed by atoms with Crippen LogP contribution in [0.5, 0.6) is 0 Å². The van der Waals surface area contributed by atoms with E-state index in [1.165, 1.54) is 0 Å². The van der Waals surface area contributed by atoms with Crippen LogP contribution in [0.15, 0.2) is 30.3 Å². The van der Waals surface area contributed by atoms with E-state index in [4.69, 9.17) is 0 Å². The van der Waals surface area contributed by atoms with Gasteiger partial charge in [0.05, 0.1) is 6.54 Å². The largest absolute Gasteiger partial charge is 0.480 e. The first-order valence-corrected chi connectivity index (χ1v) is 7.27. The topological polar surface area (TPSA) is 60.9 Å². The molecule has 1 N–H and O–H groups in total. The summed E-state index contributed by atoms with van der Waals surface area (Å²) in [6, 6.07) is 8.83. The molecular formula is C16H22N2O3. The molecule has 1 heterocycles. The van der Waals surface area contributed by atoms with Crippen molar-refractivity contribution in [3.05, 3.63) is 30.3 Å². The SMILES string of the molecule is CC1CCN(CC(=O)N(C)c2ccccc2)C(C(=O)O)C1. The summed E-state index contributed by atoms with van der Waals surface area (Å²) in [5, 5.41) is 9.33. The minimum Gasteiger partial charge on any atom is -0.480 e. The molecule has 114 valence electrons. The van der Waals surface area contributed by atoms with E-state index >= 15 is 0 Å². The third-order valence-electron chi connectivity index (χ3n) is 4.12. The van der Waals surface area contributed by atoms with Gasteiger partial charge in [-0.15, -0.1) is 0 Å². The molecule has 1 aromatic carbocycles. The van der Waals surface area contributed by atoms with Crippen LogP contribution in [0.4, 0.5) is 5.69 Å². The van der Waals surface area contributed by atoms with Crippen molar-refractivity contribution < 1.29 is 14.7 Å². The lowest BCUT2D eigenvalue weighted by Gasteiger charge is -2.36. The lowest BCUT2D eigenvalue weighted by molar-refractivity contribution is -0.145.